The second kappa shape index (κ2) is 7.78. The summed E-state index contributed by atoms with van der Waals surface area (Å²) >= 11 is 0. The highest BCUT2D eigenvalue weighted by Crippen LogP contribution is 2.23. The second-order valence-electron chi connectivity index (χ2n) is 7.67. The molecule has 4 heterocycles. The summed E-state index contributed by atoms with van der Waals surface area (Å²) in [4.78, 5) is 24.4. The van der Waals surface area contributed by atoms with Gasteiger partial charge in [-0.15, -0.1) is 5.10 Å². The number of aryl methyl sites for hydroxylation is 1. The van der Waals surface area contributed by atoms with Crippen LogP contribution in [0.25, 0.3) is 17.1 Å². The highest BCUT2D eigenvalue weighted by atomic mass is 16.4. The number of anilines is 1. The molecule has 3 aromatic heterocycles. The van der Waals surface area contributed by atoms with E-state index in [0.29, 0.717) is 23.0 Å². The van der Waals surface area contributed by atoms with Crippen molar-refractivity contribution in [1.29, 1.82) is 0 Å². The van der Waals surface area contributed by atoms with Gasteiger partial charge in [0.1, 0.15) is 11.5 Å². The summed E-state index contributed by atoms with van der Waals surface area (Å²) in [5.74, 6) is 2.01. The van der Waals surface area contributed by atoms with E-state index in [2.05, 4.69) is 20.0 Å². The largest absolute Gasteiger partial charge is 0.441 e. The van der Waals surface area contributed by atoms with Crippen LogP contribution in [0.1, 0.15) is 37.1 Å². The predicted molar refractivity (Wildman–Crippen MR) is 114 cm³/mol. The molecule has 154 valence electrons. The average Bonchev–Trinajstić information content (AvgIpc) is 3.15. The Labute approximate surface area is 173 Å². The van der Waals surface area contributed by atoms with E-state index in [1.54, 1.807) is 16.8 Å². The van der Waals surface area contributed by atoms with Crippen LogP contribution in [0.5, 0.6) is 0 Å². The summed E-state index contributed by atoms with van der Waals surface area (Å²) in [5, 5.41) is 4.62. The maximum Gasteiger partial charge on any atom is 0.350 e. The zero-order valence-corrected chi connectivity index (χ0v) is 17.0. The third-order valence-electron chi connectivity index (χ3n) is 5.60. The van der Waals surface area contributed by atoms with E-state index in [9.17, 15) is 4.79 Å². The van der Waals surface area contributed by atoms with Crippen molar-refractivity contribution in [2.45, 2.75) is 39.2 Å². The van der Waals surface area contributed by atoms with Crippen molar-refractivity contribution >= 4 is 11.5 Å². The van der Waals surface area contributed by atoms with E-state index in [1.165, 1.54) is 17.5 Å². The van der Waals surface area contributed by atoms with Crippen LogP contribution in [-0.4, -0.2) is 37.2 Å². The molecule has 0 saturated carbocycles. The molecule has 0 N–H and O–H groups in total. The molecule has 8 nitrogen and oxygen atoms in total. The lowest BCUT2D eigenvalue weighted by Crippen LogP contribution is -2.26. The van der Waals surface area contributed by atoms with Gasteiger partial charge in [-0.25, -0.2) is 23.8 Å². The third kappa shape index (κ3) is 3.38. The first-order chi connectivity index (χ1) is 14.7. The van der Waals surface area contributed by atoms with E-state index < -0.39 is 0 Å². The third-order valence-corrected chi connectivity index (χ3v) is 5.60. The topological polar surface area (TPSA) is 81.5 Å². The minimum atomic E-state index is -0.202. The van der Waals surface area contributed by atoms with Crippen LogP contribution in [0.4, 0.5) is 5.82 Å². The summed E-state index contributed by atoms with van der Waals surface area (Å²) in [7, 11) is 0. The molecule has 0 atom stereocenters. The highest BCUT2D eigenvalue weighted by Gasteiger charge is 2.20. The number of nitrogens with zero attached hydrogens (tertiary/aromatic N) is 6. The molecule has 0 aliphatic carbocycles. The van der Waals surface area contributed by atoms with Crippen molar-refractivity contribution in [3.8, 4) is 11.5 Å². The molecule has 4 aromatic rings. The van der Waals surface area contributed by atoms with Crippen LogP contribution in [0.3, 0.4) is 0 Å². The number of aromatic nitrogens is 5. The van der Waals surface area contributed by atoms with Crippen LogP contribution in [-0.2, 0) is 6.54 Å². The summed E-state index contributed by atoms with van der Waals surface area (Å²) in [6, 6.07) is 9.74. The highest BCUT2D eigenvalue weighted by molar-refractivity contribution is 5.63. The molecular weight excluding hydrogens is 380 g/mol. The molecule has 5 rings (SSSR count). The Morgan fingerprint density at radius 2 is 1.83 bits per heavy atom. The first kappa shape index (κ1) is 18.6. The number of rotatable bonds is 4. The monoisotopic (exact) mass is 404 g/mol. The van der Waals surface area contributed by atoms with Crippen molar-refractivity contribution < 1.29 is 4.42 Å². The molecule has 0 bridgehead atoms. The fraction of sp³-hybridized carbons (Fsp3) is 0.364. The van der Waals surface area contributed by atoms with Gasteiger partial charge in [0.05, 0.1) is 6.54 Å². The Balaban J connectivity index is 1.50. The number of hydrogen-bond acceptors (Lipinski definition) is 6. The minimum Gasteiger partial charge on any atom is -0.441 e. The van der Waals surface area contributed by atoms with Gasteiger partial charge >= 0.3 is 5.69 Å². The Bertz CT molecular complexity index is 1220. The van der Waals surface area contributed by atoms with E-state index in [-0.39, 0.29) is 12.2 Å². The summed E-state index contributed by atoms with van der Waals surface area (Å²) in [6.45, 7) is 4.00. The van der Waals surface area contributed by atoms with E-state index >= 15 is 0 Å². The fourth-order valence-electron chi connectivity index (χ4n) is 3.96. The predicted octanol–water partition coefficient (Wildman–Crippen LogP) is 3.28. The smallest absolute Gasteiger partial charge is 0.350 e. The minimum absolute atomic E-state index is 0.202. The van der Waals surface area contributed by atoms with Crippen LogP contribution >= 0.6 is 0 Å². The lowest BCUT2D eigenvalue weighted by molar-refractivity contribution is 0.535. The van der Waals surface area contributed by atoms with Gasteiger partial charge in [0.25, 0.3) is 0 Å². The van der Waals surface area contributed by atoms with Gasteiger partial charge in [-0.3, -0.25) is 0 Å². The molecule has 30 heavy (non-hydrogen) atoms. The molecule has 1 saturated heterocycles. The Hall–Kier alpha value is -3.42. The number of fused-ring (bicyclic) bond motifs is 1. The van der Waals surface area contributed by atoms with Gasteiger partial charge in [-0.05, 0) is 31.9 Å². The van der Waals surface area contributed by atoms with Gasteiger partial charge in [0.15, 0.2) is 5.82 Å². The Morgan fingerprint density at radius 1 is 1.07 bits per heavy atom. The fourth-order valence-corrected chi connectivity index (χ4v) is 3.96. The van der Waals surface area contributed by atoms with Crippen molar-refractivity contribution in [1.82, 2.24) is 24.1 Å². The SMILES string of the molecule is Cc1oc(-c2ccccc2)nc1Cn1nc2c(N3CCCCCC3)nccn2c1=O. The van der Waals surface area contributed by atoms with Gasteiger partial charge < -0.3 is 9.32 Å². The number of oxazole rings is 1. The number of hydrogen-bond donors (Lipinski definition) is 0. The van der Waals surface area contributed by atoms with Crippen LogP contribution in [0, 0.1) is 6.92 Å². The molecule has 0 spiro atoms. The Kier molecular flexibility index (Phi) is 4.82. The summed E-state index contributed by atoms with van der Waals surface area (Å²) in [6.07, 6.45) is 8.08. The maximum atomic E-state index is 13.0. The van der Waals surface area contributed by atoms with Crippen molar-refractivity contribution in [3.05, 3.63) is 64.7 Å². The first-order valence-electron chi connectivity index (χ1n) is 10.4. The quantitative estimate of drug-likeness (QED) is 0.519. The summed E-state index contributed by atoms with van der Waals surface area (Å²) < 4.78 is 8.85. The molecule has 1 aliphatic heterocycles. The van der Waals surface area contributed by atoms with Crippen molar-refractivity contribution in [3.63, 3.8) is 0 Å². The Morgan fingerprint density at radius 3 is 2.60 bits per heavy atom. The van der Waals surface area contributed by atoms with E-state index in [1.807, 2.05) is 37.3 Å². The lowest BCUT2D eigenvalue weighted by atomic mass is 10.2. The molecule has 0 amide bonds. The molecule has 1 aliphatic rings. The zero-order valence-electron chi connectivity index (χ0n) is 17.0. The molecule has 1 aromatic carbocycles. The van der Waals surface area contributed by atoms with Gasteiger partial charge in [-0.2, -0.15) is 0 Å². The van der Waals surface area contributed by atoms with E-state index in [0.717, 1.165) is 37.3 Å². The van der Waals surface area contributed by atoms with Gasteiger partial charge in [-0.1, -0.05) is 31.0 Å². The van der Waals surface area contributed by atoms with Crippen LogP contribution in [0.2, 0.25) is 0 Å². The normalized spacial score (nSPS) is 14.9. The molecular formula is C22H24N6O2. The van der Waals surface area contributed by atoms with Crippen molar-refractivity contribution in [2.75, 3.05) is 18.0 Å². The molecule has 0 unspecified atom stereocenters. The first-order valence-corrected chi connectivity index (χ1v) is 10.4. The molecule has 1 fully saturated rings. The molecule has 0 radical (unpaired) electrons. The number of benzene rings is 1. The van der Waals surface area contributed by atoms with Crippen LogP contribution in [0.15, 0.2) is 51.9 Å². The maximum absolute atomic E-state index is 13.0. The zero-order chi connectivity index (χ0) is 20.5. The van der Waals surface area contributed by atoms with Crippen molar-refractivity contribution in [2.24, 2.45) is 0 Å². The standard InChI is InChI=1S/C22H24N6O2/c1-16-18(24-21(30-16)17-9-5-4-6-10-17)15-28-22(29)27-14-11-23-19(20(27)25-28)26-12-7-2-3-8-13-26/h4-6,9-11,14H,2-3,7-8,12-13,15H2,1H3. The summed E-state index contributed by atoms with van der Waals surface area (Å²) in [5.41, 5.74) is 1.99. The van der Waals surface area contributed by atoms with Gasteiger partial charge in [0, 0.05) is 31.0 Å². The van der Waals surface area contributed by atoms with E-state index in [4.69, 9.17) is 4.42 Å². The lowest BCUT2D eigenvalue weighted by Gasteiger charge is -2.20. The second-order valence-corrected chi connectivity index (χ2v) is 7.67. The average molecular weight is 404 g/mol. The van der Waals surface area contributed by atoms with Crippen LogP contribution < -0.4 is 10.6 Å². The molecule has 8 heteroatoms. The van der Waals surface area contributed by atoms with Gasteiger partial charge in [0.2, 0.25) is 11.5 Å².